The van der Waals surface area contributed by atoms with Gasteiger partial charge in [-0.1, -0.05) is 0 Å². The molecule has 1 unspecified atom stereocenters. The number of ether oxygens (including phenoxy) is 1. The number of amides is 1. The van der Waals surface area contributed by atoms with E-state index in [1.165, 1.54) is 7.11 Å². The van der Waals surface area contributed by atoms with Gasteiger partial charge in [0.05, 0.1) is 13.0 Å². The van der Waals surface area contributed by atoms with Crippen LogP contribution in [-0.2, 0) is 14.3 Å². The highest BCUT2D eigenvalue weighted by molar-refractivity contribution is 5.79. The number of carbonyl (C=O) groups excluding carboxylic acids is 2. The van der Waals surface area contributed by atoms with Gasteiger partial charge in [-0.3, -0.25) is 9.59 Å². The standard InChI is InChI=1S/C11H20N2O3/c1-16-10(14)5-3-7-13-11(15)9-4-2-6-12-8-9/h9,12H,2-8H2,1H3,(H,13,15). The molecule has 1 aliphatic heterocycles. The first-order chi connectivity index (χ1) is 7.74. The second-order valence-corrected chi connectivity index (χ2v) is 4.01. The van der Waals surface area contributed by atoms with E-state index in [1.54, 1.807) is 0 Å². The summed E-state index contributed by atoms with van der Waals surface area (Å²) in [5.41, 5.74) is 0. The lowest BCUT2D eigenvalue weighted by molar-refractivity contribution is -0.140. The van der Waals surface area contributed by atoms with E-state index in [-0.39, 0.29) is 17.8 Å². The van der Waals surface area contributed by atoms with Crippen LogP contribution in [0.5, 0.6) is 0 Å². The molecule has 0 aromatic rings. The molecule has 0 aliphatic carbocycles. The first-order valence-electron chi connectivity index (χ1n) is 5.79. The highest BCUT2D eigenvalue weighted by Gasteiger charge is 2.20. The van der Waals surface area contributed by atoms with Gasteiger partial charge in [0.15, 0.2) is 0 Å². The summed E-state index contributed by atoms with van der Waals surface area (Å²) >= 11 is 0. The van der Waals surface area contributed by atoms with Crippen molar-refractivity contribution in [2.45, 2.75) is 25.7 Å². The number of hydrogen-bond acceptors (Lipinski definition) is 4. The molecule has 16 heavy (non-hydrogen) atoms. The molecule has 0 aromatic carbocycles. The van der Waals surface area contributed by atoms with Crippen LogP contribution in [0.1, 0.15) is 25.7 Å². The van der Waals surface area contributed by atoms with E-state index in [0.29, 0.717) is 19.4 Å². The number of piperidine rings is 1. The number of nitrogens with one attached hydrogen (secondary N) is 2. The normalized spacial score (nSPS) is 20.2. The molecule has 2 N–H and O–H groups in total. The molecule has 0 saturated carbocycles. The van der Waals surface area contributed by atoms with Gasteiger partial charge in [-0.15, -0.1) is 0 Å². The summed E-state index contributed by atoms with van der Waals surface area (Å²) in [6.45, 7) is 2.32. The van der Waals surface area contributed by atoms with Crippen molar-refractivity contribution in [1.29, 1.82) is 0 Å². The van der Waals surface area contributed by atoms with Crippen LogP contribution in [-0.4, -0.2) is 38.6 Å². The molecular weight excluding hydrogens is 208 g/mol. The fraction of sp³-hybridized carbons (Fsp3) is 0.818. The predicted molar refractivity (Wildman–Crippen MR) is 59.9 cm³/mol. The van der Waals surface area contributed by atoms with Crippen LogP contribution >= 0.6 is 0 Å². The average molecular weight is 228 g/mol. The Morgan fingerprint density at radius 2 is 2.31 bits per heavy atom. The molecule has 0 spiro atoms. The molecule has 1 atom stereocenters. The van der Waals surface area contributed by atoms with Crippen molar-refractivity contribution in [3.63, 3.8) is 0 Å². The van der Waals surface area contributed by atoms with E-state index < -0.39 is 0 Å². The summed E-state index contributed by atoms with van der Waals surface area (Å²) in [6.07, 6.45) is 3.01. The minimum atomic E-state index is -0.228. The highest BCUT2D eigenvalue weighted by atomic mass is 16.5. The van der Waals surface area contributed by atoms with Crippen molar-refractivity contribution >= 4 is 11.9 Å². The van der Waals surface area contributed by atoms with Gasteiger partial charge in [-0.2, -0.15) is 0 Å². The zero-order valence-corrected chi connectivity index (χ0v) is 9.75. The molecule has 92 valence electrons. The Kier molecular flexibility index (Phi) is 5.85. The lowest BCUT2D eigenvalue weighted by Gasteiger charge is -2.21. The Morgan fingerprint density at radius 1 is 1.50 bits per heavy atom. The minimum absolute atomic E-state index is 0.0897. The summed E-state index contributed by atoms with van der Waals surface area (Å²) in [6, 6.07) is 0. The fourth-order valence-electron chi connectivity index (χ4n) is 1.77. The number of carbonyl (C=O) groups is 2. The largest absolute Gasteiger partial charge is 0.469 e. The van der Waals surface area contributed by atoms with Gasteiger partial charge in [0.25, 0.3) is 0 Å². The third-order valence-electron chi connectivity index (χ3n) is 2.75. The maximum atomic E-state index is 11.6. The lowest BCUT2D eigenvalue weighted by atomic mass is 9.99. The molecule has 1 fully saturated rings. The second-order valence-electron chi connectivity index (χ2n) is 4.01. The van der Waals surface area contributed by atoms with Crippen LogP contribution in [0.2, 0.25) is 0 Å². The van der Waals surface area contributed by atoms with Crippen molar-refractivity contribution in [3.05, 3.63) is 0 Å². The molecule has 5 nitrogen and oxygen atoms in total. The lowest BCUT2D eigenvalue weighted by Crippen LogP contribution is -2.40. The third-order valence-corrected chi connectivity index (χ3v) is 2.75. The van der Waals surface area contributed by atoms with Gasteiger partial charge in [0, 0.05) is 19.5 Å². The molecular formula is C11H20N2O3. The Hall–Kier alpha value is -1.10. The zero-order chi connectivity index (χ0) is 11.8. The average Bonchev–Trinajstić information content (AvgIpc) is 2.35. The van der Waals surface area contributed by atoms with Crippen molar-refractivity contribution in [1.82, 2.24) is 10.6 Å². The molecule has 1 saturated heterocycles. The van der Waals surface area contributed by atoms with Crippen molar-refractivity contribution in [2.75, 3.05) is 26.7 Å². The van der Waals surface area contributed by atoms with Crippen molar-refractivity contribution < 1.29 is 14.3 Å². The summed E-state index contributed by atoms with van der Waals surface area (Å²) in [5, 5.41) is 6.04. The molecule has 1 rings (SSSR count). The van der Waals surface area contributed by atoms with Crippen LogP contribution < -0.4 is 10.6 Å². The molecule has 5 heteroatoms. The highest BCUT2D eigenvalue weighted by Crippen LogP contribution is 2.09. The van der Waals surface area contributed by atoms with Gasteiger partial charge in [-0.05, 0) is 25.8 Å². The van der Waals surface area contributed by atoms with E-state index in [9.17, 15) is 9.59 Å². The van der Waals surface area contributed by atoms with Crippen molar-refractivity contribution in [2.24, 2.45) is 5.92 Å². The molecule has 0 bridgehead atoms. The van der Waals surface area contributed by atoms with E-state index in [2.05, 4.69) is 15.4 Å². The summed E-state index contributed by atoms with van der Waals surface area (Å²) in [7, 11) is 1.37. The molecule has 1 heterocycles. The van der Waals surface area contributed by atoms with Gasteiger partial charge in [0.1, 0.15) is 0 Å². The van der Waals surface area contributed by atoms with Gasteiger partial charge in [-0.25, -0.2) is 0 Å². The Balaban J connectivity index is 2.07. The minimum Gasteiger partial charge on any atom is -0.469 e. The van der Waals surface area contributed by atoms with E-state index in [4.69, 9.17) is 0 Å². The first kappa shape index (κ1) is 13.0. The van der Waals surface area contributed by atoms with E-state index in [1.807, 2.05) is 0 Å². The number of rotatable bonds is 5. The quantitative estimate of drug-likeness (QED) is 0.515. The number of esters is 1. The van der Waals surface area contributed by atoms with Crippen LogP contribution in [0, 0.1) is 5.92 Å². The first-order valence-corrected chi connectivity index (χ1v) is 5.79. The zero-order valence-electron chi connectivity index (χ0n) is 9.75. The Morgan fingerprint density at radius 3 is 2.94 bits per heavy atom. The molecule has 0 radical (unpaired) electrons. The van der Waals surface area contributed by atoms with Crippen LogP contribution in [0.15, 0.2) is 0 Å². The van der Waals surface area contributed by atoms with Crippen LogP contribution in [0.3, 0.4) is 0 Å². The van der Waals surface area contributed by atoms with Crippen molar-refractivity contribution in [3.8, 4) is 0 Å². The predicted octanol–water partition coefficient (Wildman–Crippen LogP) is 0.0554. The van der Waals surface area contributed by atoms with Crippen LogP contribution in [0.4, 0.5) is 0 Å². The fourth-order valence-corrected chi connectivity index (χ4v) is 1.77. The molecule has 1 amide bonds. The molecule has 1 aliphatic rings. The monoisotopic (exact) mass is 228 g/mol. The van der Waals surface area contributed by atoms with Gasteiger partial charge >= 0.3 is 5.97 Å². The second kappa shape index (κ2) is 7.22. The SMILES string of the molecule is COC(=O)CCCNC(=O)C1CCCNC1. The summed E-state index contributed by atoms with van der Waals surface area (Å²) < 4.78 is 4.51. The maximum absolute atomic E-state index is 11.6. The Labute approximate surface area is 95.9 Å². The van der Waals surface area contributed by atoms with Gasteiger partial charge < -0.3 is 15.4 Å². The van der Waals surface area contributed by atoms with Gasteiger partial charge in [0.2, 0.25) is 5.91 Å². The Bertz CT molecular complexity index is 237. The smallest absolute Gasteiger partial charge is 0.305 e. The topological polar surface area (TPSA) is 67.4 Å². The summed E-state index contributed by atoms with van der Waals surface area (Å²) in [4.78, 5) is 22.5. The third kappa shape index (κ3) is 4.61. The van der Waals surface area contributed by atoms with E-state index >= 15 is 0 Å². The molecule has 0 aromatic heterocycles. The number of methoxy groups -OCH3 is 1. The summed E-state index contributed by atoms with van der Waals surface area (Å²) in [5.74, 6) is -0.0440. The van der Waals surface area contributed by atoms with E-state index in [0.717, 1.165) is 25.9 Å². The number of hydrogen-bond donors (Lipinski definition) is 2. The maximum Gasteiger partial charge on any atom is 0.305 e. The van der Waals surface area contributed by atoms with Crippen LogP contribution in [0.25, 0.3) is 0 Å².